The summed E-state index contributed by atoms with van der Waals surface area (Å²) in [5, 5.41) is 30.0. The number of fused-ring (bicyclic) bond motifs is 4. The van der Waals surface area contributed by atoms with Gasteiger partial charge in [0.25, 0.3) is 0 Å². The molecule has 9 rings (SSSR count). The number of phenols is 1. The molecule has 8 aromatic carbocycles. The van der Waals surface area contributed by atoms with Crippen molar-refractivity contribution in [1.29, 1.82) is 0 Å². The zero-order chi connectivity index (χ0) is 42.6. The fourth-order valence-corrected chi connectivity index (χ4v) is 7.86. The quantitative estimate of drug-likeness (QED) is 0.0889. The first-order valence-corrected chi connectivity index (χ1v) is 20.6. The van der Waals surface area contributed by atoms with Gasteiger partial charge in [0, 0.05) is 46.2 Å². The molecular formula is C53H44N6O3. The number of hydrogen-bond donors (Lipinski definition) is 2. The zero-order valence-electron chi connectivity index (χ0n) is 34.7. The van der Waals surface area contributed by atoms with Crippen LogP contribution in [0.3, 0.4) is 0 Å². The van der Waals surface area contributed by atoms with Gasteiger partial charge < -0.3 is 10.0 Å². The molecule has 304 valence electrons. The second kappa shape index (κ2) is 17.5. The van der Waals surface area contributed by atoms with Crippen LogP contribution in [0, 0.1) is 13.8 Å². The predicted octanol–water partition coefficient (Wildman–Crippen LogP) is 14.3. The number of nitrogens with one attached hydrogen (secondary N) is 1. The number of carbonyl (C=O) groups excluding carboxylic acids is 1. The van der Waals surface area contributed by atoms with Gasteiger partial charge in [-0.15, -0.1) is 5.11 Å². The van der Waals surface area contributed by atoms with E-state index in [2.05, 4.69) is 130 Å². The molecule has 1 aliphatic carbocycles. The Hall–Kier alpha value is -7.75. The van der Waals surface area contributed by atoms with E-state index in [0.29, 0.717) is 33.8 Å². The largest absolute Gasteiger partial charge is 0.505 e. The molecule has 0 atom stereocenters. The van der Waals surface area contributed by atoms with Crippen LogP contribution in [-0.4, -0.2) is 17.9 Å². The van der Waals surface area contributed by atoms with E-state index < -0.39 is 0 Å². The predicted molar refractivity (Wildman–Crippen MR) is 248 cm³/mol. The second-order valence-corrected chi connectivity index (χ2v) is 15.5. The van der Waals surface area contributed by atoms with Gasteiger partial charge in [0.2, 0.25) is 0 Å². The molecule has 0 heterocycles. The maximum atomic E-state index is 13.4. The van der Waals surface area contributed by atoms with Crippen molar-refractivity contribution in [2.45, 2.75) is 33.3 Å². The van der Waals surface area contributed by atoms with Gasteiger partial charge in [-0.25, -0.2) is 0 Å². The number of aromatic hydroxyl groups is 1. The van der Waals surface area contributed by atoms with Crippen molar-refractivity contribution in [3.8, 4) is 16.9 Å². The fourth-order valence-electron chi connectivity index (χ4n) is 7.86. The van der Waals surface area contributed by atoms with E-state index in [4.69, 9.17) is 4.84 Å². The Balaban J connectivity index is 0.836. The minimum absolute atomic E-state index is 0.0297. The van der Waals surface area contributed by atoms with Crippen LogP contribution in [0.5, 0.6) is 5.75 Å². The first kappa shape index (κ1) is 39.7. The number of nitrogens with zero attached hydrogens (tertiary/aromatic N) is 5. The summed E-state index contributed by atoms with van der Waals surface area (Å²) in [6.07, 6.45) is 1.80. The maximum Gasteiger partial charge on any atom is 0.194 e. The molecule has 8 aromatic rings. The van der Waals surface area contributed by atoms with E-state index in [1.54, 1.807) is 19.2 Å². The molecule has 1 aliphatic rings. The summed E-state index contributed by atoms with van der Waals surface area (Å²) in [7, 11) is 1.59. The Labute approximate surface area is 360 Å². The lowest BCUT2D eigenvalue weighted by atomic mass is 10.0. The van der Waals surface area contributed by atoms with Crippen molar-refractivity contribution in [3.05, 3.63) is 203 Å². The van der Waals surface area contributed by atoms with Crippen molar-refractivity contribution in [3.63, 3.8) is 0 Å². The molecule has 0 aliphatic heterocycles. The molecule has 0 amide bonds. The van der Waals surface area contributed by atoms with Gasteiger partial charge in [-0.2, -0.15) is 15.3 Å². The summed E-state index contributed by atoms with van der Waals surface area (Å²) in [6, 6.07) is 54.8. The summed E-state index contributed by atoms with van der Waals surface area (Å²) in [6.45, 7) is 4.30. The lowest BCUT2D eigenvalue weighted by Crippen LogP contribution is -2.10. The van der Waals surface area contributed by atoms with Gasteiger partial charge in [0.15, 0.2) is 5.78 Å². The molecule has 0 aromatic heterocycles. The van der Waals surface area contributed by atoms with E-state index in [-0.39, 0.29) is 18.1 Å². The van der Waals surface area contributed by atoms with E-state index in [0.717, 1.165) is 57.5 Å². The molecule has 0 fully saturated rings. The summed E-state index contributed by atoms with van der Waals surface area (Å²) < 4.78 is 0. The molecule has 9 nitrogen and oxygen atoms in total. The second-order valence-electron chi connectivity index (χ2n) is 15.5. The smallest absolute Gasteiger partial charge is 0.194 e. The summed E-state index contributed by atoms with van der Waals surface area (Å²) >= 11 is 0. The lowest BCUT2D eigenvalue weighted by Gasteiger charge is -2.26. The molecule has 0 bridgehead atoms. The number of ketones is 1. The van der Waals surface area contributed by atoms with Gasteiger partial charge in [-0.3, -0.25) is 15.1 Å². The lowest BCUT2D eigenvalue weighted by molar-refractivity contribution is 0.104. The highest BCUT2D eigenvalue weighted by atomic mass is 16.6. The van der Waals surface area contributed by atoms with Crippen LogP contribution in [0.1, 0.15) is 43.7 Å². The highest BCUT2D eigenvalue weighted by Gasteiger charge is 2.27. The Morgan fingerprint density at radius 1 is 0.581 bits per heavy atom. The van der Waals surface area contributed by atoms with E-state index in [1.165, 1.54) is 22.3 Å². The average molecular weight is 813 g/mol. The molecule has 0 saturated heterocycles. The average Bonchev–Trinajstić information content (AvgIpc) is 3.57. The van der Waals surface area contributed by atoms with Crippen LogP contribution in [-0.2, 0) is 24.3 Å². The van der Waals surface area contributed by atoms with Crippen molar-refractivity contribution < 1.29 is 14.7 Å². The van der Waals surface area contributed by atoms with Gasteiger partial charge in [0.05, 0.1) is 17.1 Å². The third-order valence-electron chi connectivity index (χ3n) is 11.2. The van der Waals surface area contributed by atoms with Crippen molar-refractivity contribution in [1.82, 2.24) is 0 Å². The minimum Gasteiger partial charge on any atom is -0.505 e. The third kappa shape index (κ3) is 8.34. The molecule has 9 heteroatoms. The molecule has 0 radical (unpaired) electrons. The van der Waals surface area contributed by atoms with E-state index in [9.17, 15) is 9.90 Å². The first-order valence-electron chi connectivity index (χ1n) is 20.6. The number of carbonyl (C=O) groups is 1. The van der Waals surface area contributed by atoms with Crippen LogP contribution in [0.4, 0.5) is 39.8 Å². The minimum atomic E-state index is -0.100. The van der Waals surface area contributed by atoms with Crippen LogP contribution in [0.2, 0.25) is 0 Å². The van der Waals surface area contributed by atoms with Gasteiger partial charge in [0.1, 0.15) is 18.0 Å². The van der Waals surface area contributed by atoms with Crippen LogP contribution in [0.25, 0.3) is 21.9 Å². The summed E-state index contributed by atoms with van der Waals surface area (Å²) in [4.78, 5) is 21.6. The van der Waals surface area contributed by atoms with Crippen LogP contribution in [0.15, 0.2) is 184 Å². The van der Waals surface area contributed by atoms with Crippen LogP contribution >= 0.6 is 0 Å². The summed E-state index contributed by atoms with van der Waals surface area (Å²) in [5.74, 6) is -0.130. The van der Waals surface area contributed by atoms with Crippen LogP contribution < -0.4 is 10.4 Å². The number of phenolic OH excluding ortho intramolecular Hbond substituents is 1. The number of anilines is 4. The highest BCUT2D eigenvalue weighted by Crippen LogP contribution is 2.43. The first-order chi connectivity index (χ1) is 30.3. The number of rotatable bonds is 13. The van der Waals surface area contributed by atoms with Crippen molar-refractivity contribution >= 4 is 56.4 Å². The number of aryl methyl sites for hydroxylation is 4. The highest BCUT2D eigenvalue weighted by molar-refractivity contribution is 6.22. The van der Waals surface area contributed by atoms with E-state index in [1.807, 2.05) is 66.7 Å². The van der Waals surface area contributed by atoms with E-state index >= 15 is 0 Å². The van der Waals surface area contributed by atoms with Gasteiger partial charge >= 0.3 is 0 Å². The number of hydrogen-bond acceptors (Lipinski definition) is 9. The normalized spacial score (nSPS) is 12.0. The molecule has 62 heavy (non-hydrogen) atoms. The van der Waals surface area contributed by atoms with Gasteiger partial charge in [-0.1, -0.05) is 96.1 Å². The molecular weight excluding hydrogens is 769 g/mol. The Bertz CT molecular complexity index is 2930. The number of benzene rings is 8. The Morgan fingerprint density at radius 2 is 1.11 bits per heavy atom. The fraction of sp³-hybridized carbons (Fsp3) is 0.113. The maximum absolute atomic E-state index is 13.4. The topological polar surface area (TPSA) is 111 Å². The molecule has 0 spiro atoms. The van der Waals surface area contributed by atoms with Crippen molar-refractivity contribution in [2.24, 2.45) is 20.5 Å². The van der Waals surface area contributed by atoms with Crippen molar-refractivity contribution in [2.75, 3.05) is 17.4 Å². The monoisotopic (exact) mass is 812 g/mol. The zero-order valence-corrected chi connectivity index (χ0v) is 34.7. The third-order valence-corrected chi connectivity index (χ3v) is 11.2. The number of azo groups is 2. The SMILES string of the molecule is CN=Nc1ccc2c(c1)C(=O)c1cc(N=Nc3c(O)c(CONc4ccc(CCc5ccc(N(c6ccc(C)cc6)c6ccc(C)cc6)cc5)cc4)cc4ccccc34)ccc1-2. The summed E-state index contributed by atoms with van der Waals surface area (Å²) in [5.41, 5.74) is 16.9. The molecule has 0 saturated carbocycles. The van der Waals surface area contributed by atoms with Gasteiger partial charge in [-0.05, 0) is 133 Å². The Kier molecular flexibility index (Phi) is 11.2. The molecule has 2 N–H and O–H groups in total. The standard InChI is InChI=1S/C53H44N6O3/c1-34-8-22-43(23-9-34)59(44-24-10-35(2)11-25-44)45-26-16-37(17-27-45)13-12-36-14-18-40(19-15-36)58-62-33-39-30-38-6-4-5-7-46(38)51(52(39)60)57-56-42-21-29-48-47-28-20-41(55-54-3)31-49(47)53(61)50(48)32-42/h4-11,14-32,58,60H,12-13,33H2,1-3H3. The molecule has 0 unspecified atom stereocenters. The Morgan fingerprint density at radius 3 is 1.69 bits per heavy atom.